The maximum Gasteiger partial charge on any atom is 0.255 e. The monoisotopic (exact) mass is 640 g/mol. The molecule has 0 unspecified atom stereocenters. The Bertz CT molecular complexity index is 1720. The van der Waals surface area contributed by atoms with Gasteiger partial charge in [-0.25, -0.2) is 9.97 Å². The molecule has 0 radical (unpaired) electrons. The van der Waals surface area contributed by atoms with E-state index < -0.39 is 11.9 Å². The van der Waals surface area contributed by atoms with Gasteiger partial charge in [0.2, 0.25) is 17.7 Å². The third-order valence-corrected chi connectivity index (χ3v) is 9.99. The van der Waals surface area contributed by atoms with E-state index in [2.05, 4.69) is 28.4 Å². The Kier molecular flexibility index (Phi) is 8.63. The van der Waals surface area contributed by atoms with Crippen molar-refractivity contribution in [2.24, 2.45) is 5.92 Å². The SMILES string of the molecule is COC[C@@H]1CN(Cc2ccc3nc(C4CCN(C(C)=O)CC4)ncc3c2)C[C@H]1Oc1ccc2c(c1)CN([C@H]1CCC(=O)NC1=O)C2=O. The van der Waals surface area contributed by atoms with Crippen LogP contribution in [-0.4, -0.2) is 100 Å². The van der Waals surface area contributed by atoms with Gasteiger partial charge in [-0.2, -0.15) is 0 Å². The molecular formula is C35H40N6O6. The maximum absolute atomic E-state index is 13.1. The quantitative estimate of drug-likeness (QED) is 0.369. The zero-order valence-corrected chi connectivity index (χ0v) is 26.8. The molecule has 0 saturated carbocycles. The van der Waals surface area contributed by atoms with Crippen molar-refractivity contribution in [3.8, 4) is 5.75 Å². The fourth-order valence-corrected chi connectivity index (χ4v) is 7.47. The van der Waals surface area contributed by atoms with Crippen LogP contribution in [0.4, 0.5) is 0 Å². The summed E-state index contributed by atoms with van der Waals surface area (Å²) in [6.45, 7) is 6.28. The number of imide groups is 1. The molecule has 3 atom stereocenters. The molecule has 246 valence electrons. The van der Waals surface area contributed by atoms with Gasteiger partial charge in [-0.05, 0) is 60.7 Å². The van der Waals surface area contributed by atoms with Crippen molar-refractivity contribution in [1.29, 1.82) is 0 Å². The van der Waals surface area contributed by atoms with Gasteiger partial charge in [0, 0.05) is 88.7 Å². The number of amides is 4. The minimum atomic E-state index is -0.646. The normalized spacial score (nSPS) is 23.8. The van der Waals surface area contributed by atoms with Crippen LogP contribution in [0.5, 0.6) is 5.75 Å². The van der Waals surface area contributed by atoms with Crippen molar-refractivity contribution >= 4 is 34.5 Å². The summed E-state index contributed by atoms with van der Waals surface area (Å²) in [5.74, 6) is 1.18. The van der Waals surface area contributed by atoms with Gasteiger partial charge in [0.1, 0.15) is 23.7 Å². The summed E-state index contributed by atoms with van der Waals surface area (Å²) in [6, 6.07) is 11.2. The zero-order chi connectivity index (χ0) is 32.7. The van der Waals surface area contributed by atoms with Crippen molar-refractivity contribution in [3.05, 3.63) is 65.1 Å². The van der Waals surface area contributed by atoms with Gasteiger partial charge in [0.05, 0.1) is 12.1 Å². The predicted molar refractivity (Wildman–Crippen MR) is 171 cm³/mol. The number of carbonyl (C=O) groups is 4. The Hall–Kier alpha value is -4.42. The second-order valence-corrected chi connectivity index (χ2v) is 13.2. The van der Waals surface area contributed by atoms with E-state index >= 15 is 0 Å². The average Bonchev–Trinajstić information content (AvgIpc) is 3.59. The largest absolute Gasteiger partial charge is 0.489 e. The molecule has 3 fully saturated rings. The number of methoxy groups -OCH3 is 1. The highest BCUT2D eigenvalue weighted by atomic mass is 16.5. The van der Waals surface area contributed by atoms with Gasteiger partial charge >= 0.3 is 0 Å². The number of fused-ring (bicyclic) bond motifs is 2. The standard InChI is InChI=1S/C35H40N6O6/c1-21(42)40-11-9-23(10-12-40)33-36-15-24-13-22(3-6-29(24)37-33)16-39-17-26(20-46-2)31(19-39)47-27-4-5-28-25(14-27)18-41(35(28)45)30-7-8-32(43)38-34(30)44/h3-6,13-15,23,26,30-31H,7-12,16-20H2,1-2H3,(H,38,43,44)/t26-,30-,31+/m0/s1. The van der Waals surface area contributed by atoms with Crippen LogP contribution in [0.2, 0.25) is 0 Å². The molecule has 2 aromatic carbocycles. The smallest absolute Gasteiger partial charge is 0.255 e. The average molecular weight is 641 g/mol. The molecule has 1 N–H and O–H groups in total. The number of nitrogens with one attached hydrogen (secondary N) is 1. The third kappa shape index (κ3) is 6.44. The second kappa shape index (κ2) is 13.0. The lowest BCUT2D eigenvalue weighted by atomic mass is 9.95. The molecule has 0 spiro atoms. The zero-order valence-electron chi connectivity index (χ0n) is 26.8. The highest BCUT2D eigenvalue weighted by molar-refractivity contribution is 6.05. The van der Waals surface area contributed by atoms with Gasteiger partial charge in [0.15, 0.2) is 0 Å². The first-order valence-electron chi connectivity index (χ1n) is 16.4. The van der Waals surface area contributed by atoms with Gasteiger partial charge in [0.25, 0.3) is 5.91 Å². The molecule has 0 bridgehead atoms. The summed E-state index contributed by atoms with van der Waals surface area (Å²) < 4.78 is 12.1. The van der Waals surface area contributed by atoms with Crippen LogP contribution in [0, 0.1) is 5.92 Å². The number of benzene rings is 2. The molecule has 4 amide bonds. The number of hydrogen-bond donors (Lipinski definition) is 1. The third-order valence-electron chi connectivity index (χ3n) is 9.99. The van der Waals surface area contributed by atoms with Crippen LogP contribution < -0.4 is 10.1 Å². The van der Waals surface area contributed by atoms with Crippen LogP contribution in [-0.2, 0) is 32.2 Å². The van der Waals surface area contributed by atoms with Crippen molar-refractivity contribution < 1.29 is 28.7 Å². The number of aromatic nitrogens is 2. The lowest BCUT2D eigenvalue weighted by Gasteiger charge is -2.30. The molecule has 0 aliphatic carbocycles. The van der Waals surface area contributed by atoms with Crippen molar-refractivity contribution in [3.63, 3.8) is 0 Å². The first-order chi connectivity index (χ1) is 22.7. The Morgan fingerprint density at radius 3 is 2.64 bits per heavy atom. The summed E-state index contributed by atoms with van der Waals surface area (Å²) in [5, 5.41) is 3.36. The van der Waals surface area contributed by atoms with Crippen LogP contribution in [0.3, 0.4) is 0 Å². The summed E-state index contributed by atoms with van der Waals surface area (Å²) in [7, 11) is 1.70. The van der Waals surface area contributed by atoms with Crippen molar-refractivity contribution in [2.75, 3.05) is 39.9 Å². The van der Waals surface area contributed by atoms with Crippen molar-refractivity contribution in [1.82, 2.24) is 30.0 Å². The minimum Gasteiger partial charge on any atom is -0.489 e. The minimum absolute atomic E-state index is 0.0999. The van der Waals surface area contributed by atoms with Gasteiger partial charge in [-0.15, -0.1) is 0 Å². The van der Waals surface area contributed by atoms with E-state index in [0.29, 0.717) is 30.9 Å². The molecule has 3 saturated heterocycles. The summed E-state index contributed by atoms with van der Waals surface area (Å²) in [5.41, 5.74) is 3.48. The molecule has 3 aromatic rings. The van der Waals surface area contributed by atoms with E-state index in [4.69, 9.17) is 19.4 Å². The molecular weight excluding hydrogens is 600 g/mol. The molecule has 12 nitrogen and oxygen atoms in total. The highest BCUT2D eigenvalue weighted by Gasteiger charge is 2.40. The van der Waals surface area contributed by atoms with E-state index in [1.807, 2.05) is 23.2 Å². The second-order valence-electron chi connectivity index (χ2n) is 13.2. The molecule has 4 aliphatic rings. The topological polar surface area (TPSA) is 134 Å². The Morgan fingerprint density at radius 2 is 1.87 bits per heavy atom. The lowest BCUT2D eigenvalue weighted by molar-refractivity contribution is -0.137. The van der Waals surface area contributed by atoms with Gasteiger partial charge < -0.3 is 19.3 Å². The number of nitrogens with zero attached hydrogens (tertiary/aromatic N) is 5. The van der Waals surface area contributed by atoms with Crippen molar-refractivity contribution in [2.45, 2.75) is 63.8 Å². The van der Waals surface area contributed by atoms with E-state index in [1.54, 1.807) is 25.0 Å². The van der Waals surface area contributed by atoms with E-state index in [-0.39, 0.29) is 42.1 Å². The van der Waals surface area contributed by atoms with Crippen LogP contribution in [0.1, 0.15) is 65.8 Å². The first-order valence-corrected chi connectivity index (χ1v) is 16.4. The molecule has 7 rings (SSSR count). The Morgan fingerprint density at radius 1 is 1.04 bits per heavy atom. The summed E-state index contributed by atoms with van der Waals surface area (Å²) >= 11 is 0. The van der Waals surface area contributed by atoms with E-state index in [0.717, 1.165) is 67.9 Å². The molecule has 5 heterocycles. The summed E-state index contributed by atoms with van der Waals surface area (Å²) in [6.07, 6.45) is 4.14. The Balaban J connectivity index is 0.991. The van der Waals surface area contributed by atoms with E-state index in [1.165, 1.54) is 5.56 Å². The number of rotatable bonds is 8. The van der Waals surface area contributed by atoms with Crippen LogP contribution in [0.15, 0.2) is 42.6 Å². The van der Waals surface area contributed by atoms with Gasteiger partial charge in [-0.3, -0.25) is 29.4 Å². The fourth-order valence-electron chi connectivity index (χ4n) is 7.47. The van der Waals surface area contributed by atoms with Gasteiger partial charge in [-0.1, -0.05) is 6.07 Å². The molecule has 1 aromatic heterocycles. The fraction of sp³-hybridized carbons (Fsp3) is 0.486. The molecule has 4 aliphatic heterocycles. The van der Waals surface area contributed by atoms with Crippen LogP contribution in [0.25, 0.3) is 10.9 Å². The summed E-state index contributed by atoms with van der Waals surface area (Å²) in [4.78, 5) is 64.2. The van der Waals surface area contributed by atoms with E-state index in [9.17, 15) is 19.2 Å². The van der Waals surface area contributed by atoms with Crippen LogP contribution >= 0.6 is 0 Å². The molecule has 47 heavy (non-hydrogen) atoms. The molecule has 12 heteroatoms. The maximum atomic E-state index is 13.1. The predicted octanol–water partition coefficient (Wildman–Crippen LogP) is 2.64. The number of carbonyl (C=O) groups excluding carboxylic acids is 4. The first kappa shape index (κ1) is 31.2. The number of ether oxygens (including phenoxy) is 2. The Labute approximate surface area is 273 Å². The number of hydrogen-bond acceptors (Lipinski definition) is 9. The number of likely N-dealkylation sites (tertiary alicyclic amines) is 2. The lowest BCUT2D eigenvalue weighted by Crippen LogP contribution is -2.52. The number of piperidine rings is 2. The highest BCUT2D eigenvalue weighted by Crippen LogP contribution is 2.33.